The molecule has 0 bridgehead atoms. The predicted octanol–water partition coefficient (Wildman–Crippen LogP) is 2.46. The third kappa shape index (κ3) is 2.19. The summed E-state index contributed by atoms with van der Waals surface area (Å²) >= 11 is 0. The standard InChI is InChI=1S/C14H20N2O2/c1-9-12(11(3)17)10(2)15-13(9)14(18)16-7-5-4-6-8-16/h15H,4-8H2,1-3H3. The van der Waals surface area contributed by atoms with Crippen LogP contribution in [-0.2, 0) is 0 Å². The Balaban J connectivity index is 2.30. The number of carbonyl (C=O) groups is 2. The molecule has 1 aromatic rings. The molecule has 0 aliphatic carbocycles. The first-order valence-electron chi connectivity index (χ1n) is 6.51. The number of nitrogens with one attached hydrogen (secondary N) is 1. The highest BCUT2D eigenvalue weighted by Crippen LogP contribution is 2.21. The van der Waals surface area contributed by atoms with Crippen molar-refractivity contribution in [1.82, 2.24) is 9.88 Å². The normalized spacial score (nSPS) is 15.8. The Hall–Kier alpha value is -1.58. The van der Waals surface area contributed by atoms with Gasteiger partial charge in [-0.05, 0) is 45.6 Å². The van der Waals surface area contributed by atoms with Gasteiger partial charge in [0.05, 0.1) is 0 Å². The van der Waals surface area contributed by atoms with E-state index in [9.17, 15) is 9.59 Å². The lowest BCUT2D eigenvalue weighted by atomic mass is 10.1. The molecule has 1 aliphatic rings. The van der Waals surface area contributed by atoms with E-state index in [2.05, 4.69) is 4.98 Å². The molecule has 1 saturated heterocycles. The zero-order valence-electron chi connectivity index (χ0n) is 11.3. The van der Waals surface area contributed by atoms with Gasteiger partial charge in [-0.1, -0.05) is 0 Å². The van der Waals surface area contributed by atoms with Crippen LogP contribution in [0.5, 0.6) is 0 Å². The van der Waals surface area contributed by atoms with Crippen molar-refractivity contribution in [2.24, 2.45) is 0 Å². The van der Waals surface area contributed by atoms with Crippen LogP contribution in [0, 0.1) is 13.8 Å². The van der Waals surface area contributed by atoms with E-state index in [1.165, 1.54) is 6.42 Å². The molecule has 0 spiro atoms. The van der Waals surface area contributed by atoms with Crippen molar-refractivity contribution in [3.05, 3.63) is 22.5 Å². The lowest BCUT2D eigenvalue weighted by molar-refractivity contribution is 0.0718. The summed E-state index contributed by atoms with van der Waals surface area (Å²) in [5.74, 6) is 0.0433. The molecule has 18 heavy (non-hydrogen) atoms. The lowest BCUT2D eigenvalue weighted by Gasteiger charge is -2.26. The highest BCUT2D eigenvalue weighted by atomic mass is 16.2. The fraction of sp³-hybridized carbons (Fsp3) is 0.571. The fourth-order valence-electron chi connectivity index (χ4n) is 2.75. The van der Waals surface area contributed by atoms with Crippen LogP contribution in [0.25, 0.3) is 0 Å². The number of ketones is 1. The van der Waals surface area contributed by atoms with Crippen molar-refractivity contribution in [2.75, 3.05) is 13.1 Å². The SMILES string of the molecule is CC(=O)c1c(C)[nH]c(C(=O)N2CCCCC2)c1C. The molecule has 1 aliphatic heterocycles. The molecule has 1 amide bonds. The van der Waals surface area contributed by atoms with Gasteiger partial charge < -0.3 is 9.88 Å². The molecule has 0 aromatic carbocycles. The van der Waals surface area contributed by atoms with Crippen LogP contribution in [0.4, 0.5) is 0 Å². The van der Waals surface area contributed by atoms with Crippen molar-refractivity contribution >= 4 is 11.7 Å². The van der Waals surface area contributed by atoms with Crippen LogP contribution in [-0.4, -0.2) is 34.7 Å². The van der Waals surface area contributed by atoms with Gasteiger partial charge in [0.15, 0.2) is 5.78 Å². The molecular formula is C14H20N2O2. The maximum Gasteiger partial charge on any atom is 0.270 e. The molecule has 0 radical (unpaired) electrons. The second-order valence-electron chi connectivity index (χ2n) is 5.03. The van der Waals surface area contributed by atoms with Gasteiger partial charge in [-0.2, -0.15) is 0 Å². The number of Topliss-reactive ketones (excluding diaryl/α,β-unsaturated/α-hetero) is 1. The Morgan fingerprint density at radius 1 is 1.11 bits per heavy atom. The minimum atomic E-state index is 0.0129. The quantitative estimate of drug-likeness (QED) is 0.817. The Morgan fingerprint density at radius 3 is 2.22 bits per heavy atom. The van der Waals surface area contributed by atoms with Gasteiger partial charge in [0.2, 0.25) is 0 Å². The number of aromatic amines is 1. The minimum absolute atomic E-state index is 0.0129. The number of likely N-dealkylation sites (tertiary alicyclic amines) is 1. The Labute approximate surface area is 107 Å². The lowest BCUT2D eigenvalue weighted by Crippen LogP contribution is -2.36. The van der Waals surface area contributed by atoms with Gasteiger partial charge in [-0.3, -0.25) is 9.59 Å². The summed E-state index contributed by atoms with van der Waals surface area (Å²) in [5, 5.41) is 0. The van der Waals surface area contributed by atoms with E-state index in [0.29, 0.717) is 11.3 Å². The van der Waals surface area contributed by atoms with E-state index < -0.39 is 0 Å². The van der Waals surface area contributed by atoms with Crippen molar-refractivity contribution < 1.29 is 9.59 Å². The van der Waals surface area contributed by atoms with Crippen LogP contribution in [0.2, 0.25) is 0 Å². The monoisotopic (exact) mass is 248 g/mol. The van der Waals surface area contributed by atoms with E-state index in [-0.39, 0.29) is 11.7 Å². The average molecular weight is 248 g/mol. The van der Waals surface area contributed by atoms with E-state index in [4.69, 9.17) is 0 Å². The molecule has 2 rings (SSSR count). The number of aryl methyl sites for hydroxylation is 1. The maximum atomic E-state index is 12.4. The van der Waals surface area contributed by atoms with Gasteiger partial charge in [0.25, 0.3) is 5.91 Å². The molecule has 0 atom stereocenters. The number of H-pyrrole nitrogens is 1. The maximum absolute atomic E-state index is 12.4. The van der Waals surface area contributed by atoms with E-state index in [0.717, 1.165) is 37.2 Å². The molecule has 0 unspecified atom stereocenters. The van der Waals surface area contributed by atoms with Crippen LogP contribution < -0.4 is 0 Å². The summed E-state index contributed by atoms with van der Waals surface area (Å²) in [6.07, 6.45) is 3.35. The van der Waals surface area contributed by atoms with Crippen LogP contribution >= 0.6 is 0 Å². The topological polar surface area (TPSA) is 53.2 Å². The van der Waals surface area contributed by atoms with Crippen molar-refractivity contribution in [3.8, 4) is 0 Å². The van der Waals surface area contributed by atoms with Crippen molar-refractivity contribution in [1.29, 1.82) is 0 Å². The molecule has 1 aromatic heterocycles. The van der Waals surface area contributed by atoms with Gasteiger partial charge in [0.1, 0.15) is 5.69 Å². The summed E-state index contributed by atoms with van der Waals surface area (Å²) in [7, 11) is 0. The van der Waals surface area contributed by atoms with Crippen LogP contribution in [0.15, 0.2) is 0 Å². The van der Waals surface area contributed by atoms with Crippen LogP contribution in [0.3, 0.4) is 0 Å². The summed E-state index contributed by atoms with van der Waals surface area (Å²) in [5.41, 5.74) is 2.82. The number of nitrogens with zero attached hydrogens (tertiary/aromatic N) is 1. The molecular weight excluding hydrogens is 228 g/mol. The molecule has 4 nitrogen and oxygen atoms in total. The van der Waals surface area contributed by atoms with E-state index in [1.807, 2.05) is 18.7 Å². The highest BCUT2D eigenvalue weighted by molar-refractivity contribution is 6.02. The summed E-state index contributed by atoms with van der Waals surface area (Å²) in [6, 6.07) is 0. The number of piperidine rings is 1. The first kappa shape index (κ1) is 12.9. The Kier molecular flexibility index (Phi) is 3.55. The summed E-state index contributed by atoms with van der Waals surface area (Å²) in [6.45, 7) is 6.88. The average Bonchev–Trinajstić information content (AvgIpc) is 2.65. The van der Waals surface area contributed by atoms with Gasteiger partial charge in [-0.15, -0.1) is 0 Å². The fourth-order valence-corrected chi connectivity index (χ4v) is 2.75. The zero-order chi connectivity index (χ0) is 13.3. The second-order valence-corrected chi connectivity index (χ2v) is 5.03. The Bertz CT molecular complexity index is 482. The van der Waals surface area contributed by atoms with Gasteiger partial charge in [0, 0.05) is 24.3 Å². The number of carbonyl (C=O) groups excluding carboxylic acids is 2. The zero-order valence-corrected chi connectivity index (χ0v) is 11.3. The predicted molar refractivity (Wildman–Crippen MR) is 70.0 cm³/mol. The van der Waals surface area contributed by atoms with E-state index in [1.54, 1.807) is 6.92 Å². The number of aromatic nitrogens is 1. The molecule has 0 saturated carbocycles. The number of hydrogen-bond donors (Lipinski definition) is 1. The van der Waals surface area contributed by atoms with Crippen molar-refractivity contribution in [3.63, 3.8) is 0 Å². The van der Waals surface area contributed by atoms with Gasteiger partial charge >= 0.3 is 0 Å². The second kappa shape index (κ2) is 4.96. The van der Waals surface area contributed by atoms with Gasteiger partial charge in [-0.25, -0.2) is 0 Å². The van der Waals surface area contributed by atoms with Crippen LogP contribution in [0.1, 0.15) is 58.3 Å². The summed E-state index contributed by atoms with van der Waals surface area (Å²) in [4.78, 5) is 28.9. The largest absolute Gasteiger partial charge is 0.354 e. The van der Waals surface area contributed by atoms with E-state index >= 15 is 0 Å². The first-order valence-corrected chi connectivity index (χ1v) is 6.51. The molecule has 1 fully saturated rings. The number of amides is 1. The molecule has 4 heteroatoms. The third-order valence-electron chi connectivity index (χ3n) is 3.65. The highest BCUT2D eigenvalue weighted by Gasteiger charge is 2.24. The summed E-state index contributed by atoms with van der Waals surface area (Å²) < 4.78 is 0. The molecule has 1 N–H and O–H groups in total. The number of hydrogen-bond acceptors (Lipinski definition) is 2. The number of rotatable bonds is 2. The minimum Gasteiger partial charge on any atom is -0.354 e. The van der Waals surface area contributed by atoms with Crippen molar-refractivity contribution in [2.45, 2.75) is 40.0 Å². The first-order chi connectivity index (χ1) is 8.52. The molecule has 2 heterocycles. The third-order valence-corrected chi connectivity index (χ3v) is 3.65. The smallest absolute Gasteiger partial charge is 0.270 e. The Morgan fingerprint density at radius 2 is 1.72 bits per heavy atom. The molecule has 98 valence electrons.